The van der Waals surface area contributed by atoms with Crippen molar-refractivity contribution in [1.29, 1.82) is 0 Å². The fourth-order valence-corrected chi connectivity index (χ4v) is 10.8. The molecule has 0 bridgehead atoms. The third kappa shape index (κ3) is 5.15. The zero-order valence-corrected chi connectivity index (χ0v) is 34.5. The lowest BCUT2D eigenvalue weighted by atomic mass is 9.74. The Morgan fingerprint density at radius 1 is 0.377 bits per heavy atom. The van der Waals surface area contributed by atoms with Crippen molar-refractivity contribution in [1.82, 2.24) is 0 Å². The normalized spacial score (nSPS) is 15.7. The van der Waals surface area contributed by atoms with Gasteiger partial charge in [0.1, 0.15) is 11.2 Å². The van der Waals surface area contributed by atoms with E-state index in [0.29, 0.717) is 0 Å². The molecule has 0 saturated heterocycles. The van der Waals surface area contributed by atoms with Crippen molar-refractivity contribution < 1.29 is 4.42 Å². The number of rotatable bonds is 6. The minimum absolute atomic E-state index is 0.115. The summed E-state index contributed by atoms with van der Waals surface area (Å²) in [5, 5.41) is 2.24. The van der Waals surface area contributed by atoms with Gasteiger partial charge in [0.25, 0.3) is 0 Å². The lowest BCUT2D eigenvalue weighted by Gasteiger charge is -2.33. The molecule has 61 heavy (non-hydrogen) atoms. The van der Waals surface area contributed by atoms with Crippen molar-refractivity contribution in [3.05, 3.63) is 234 Å². The number of nitrogens with zero attached hydrogens (tertiary/aromatic N) is 1. The maximum Gasteiger partial charge on any atom is 0.135 e. The van der Waals surface area contributed by atoms with E-state index in [1.54, 1.807) is 0 Å². The Morgan fingerprint density at radius 3 is 1.79 bits per heavy atom. The van der Waals surface area contributed by atoms with Crippen LogP contribution < -0.4 is 4.90 Å². The predicted molar refractivity (Wildman–Crippen MR) is 254 cm³/mol. The molecule has 10 aromatic rings. The molecule has 2 nitrogen and oxygen atoms in total. The molecule has 290 valence electrons. The van der Waals surface area contributed by atoms with Crippen LogP contribution in [0.4, 0.5) is 17.1 Å². The summed E-state index contributed by atoms with van der Waals surface area (Å²) in [6.07, 6.45) is 0. The molecule has 1 atom stereocenters. The Balaban J connectivity index is 1.13. The summed E-state index contributed by atoms with van der Waals surface area (Å²) in [6.45, 7) is 7.13. The summed E-state index contributed by atoms with van der Waals surface area (Å²) in [6, 6.07) is 75.9. The number of benzene rings is 9. The first-order valence-corrected chi connectivity index (χ1v) is 21.3. The van der Waals surface area contributed by atoms with Gasteiger partial charge in [-0.3, -0.25) is 0 Å². The first-order valence-electron chi connectivity index (χ1n) is 21.3. The zero-order valence-electron chi connectivity index (χ0n) is 34.5. The molecule has 0 fully saturated rings. The molecular formula is C59H43NO. The molecule has 0 N–H and O–H groups in total. The highest BCUT2D eigenvalue weighted by molar-refractivity contribution is 6.07. The molecule has 1 heterocycles. The van der Waals surface area contributed by atoms with Gasteiger partial charge in [-0.05, 0) is 111 Å². The molecule has 0 radical (unpaired) electrons. The van der Waals surface area contributed by atoms with Gasteiger partial charge in [-0.15, -0.1) is 0 Å². The summed E-state index contributed by atoms with van der Waals surface area (Å²) >= 11 is 0. The van der Waals surface area contributed by atoms with Crippen LogP contribution in [0.1, 0.15) is 48.6 Å². The van der Waals surface area contributed by atoms with Crippen LogP contribution in [-0.4, -0.2) is 0 Å². The van der Waals surface area contributed by atoms with E-state index in [4.69, 9.17) is 4.42 Å². The summed E-state index contributed by atoms with van der Waals surface area (Å²) < 4.78 is 6.32. The quantitative estimate of drug-likeness (QED) is 0.167. The van der Waals surface area contributed by atoms with E-state index in [2.05, 4.69) is 226 Å². The number of hydrogen-bond acceptors (Lipinski definition) is 2. The molecule has 9 aromatic carbocycles. The highest BCUT2D eigenvalue weighted by Crippen LogP contribution is 2.57. The number of anilines is 3. The molecule has 1 aromatic heterocycles. The number of furan rings is 1. The Hall–Kier alpha value is -7.42. The fraction of sp³-hybridized carbons (Fsp3) is 0.0847. The van der Waals surface area contributed by atoms with Gasteiger partial charge < -0.3 is 9.32 Å². The average molecular weight is 782 g/mol. The van der Waals surface area contributed by atoms with Crippen LogP contribution in [0.3, 0.4) is 0 Å². The van der Waals surface area contributed by atoms with Crippen molar-refractivity contribution in [2.75, 3.05) is 4.90 Å². The van der Waals surface area contributed by atoms with Crippen LogP contribution in [0.2, 0.25) is 0 Å². The molecule has 2 aliphatic carbocycles. The molecule has 0 saturated carbocycles. The number of fused-ring (bicyclic) bond motifs is 9. The van der Waals surface area contributed by atoms with E-state index in [1.165, 1.54) is 61.2 Å². The average Bonchev–Trinajstić information content (AvgIpc) is 3.90. The van der Waals surface area contributed by atoms with Gasteiger partial charge in [-0.1, -0.05) is 178 Å². The first-order chi connectivity index (χ1) is 29.9. The molecule has 0 amide bonds. The van der Waals surface area contributed by atoms with Crippen LogP contribution in [0.5, 0.6) is 0 Å². The monoisotopic (exact) mass is 781 g/mol. The Kier molecular flexibility index (Phi) is 7.74. The number of hydrogen-bond donors (Lipinski definition) is 0. The maximum absolute atomic E-state index is 6.32. The summed E-state index contributed by atoms with van der Waals surface area (Å²) in [4.78, 5) is 2.52. The van der Waals surface area contributed by atoms with E-state index < -0.39 is 0 Å². The second-order valence-corrected chi connectivity index (χ2v) is 17.3. The first kappa shape index (κ1) is 35.5. The molecule has 0 aliphatic heterocycles. The van der Waals surface area contributed by atoms with Gasteiger partial charge in [0.2, 0.25) is 0 Å². The van der Waals surface area contributed by atoms with Crippen LogP contribution in [0, 0.1) is 0 Å². The molecule has 2 heteroatoms. The van der Waals surface area contributed by atoms with Gasteiger partial charge in [0.05, 0.1) is 11.4 Å². The van der Waals surface area contributed by atoms with Gasteiger partial charge >= 0.3 is 0 Å². The van der Waals surface area contributed by atoms with Crippen LogP contribution >= 0.6 is 0 Å². The van der Waals surface area contributed by atoms with Gasteiger partial charge in [0, 0.05) is 38.4 Å². The lowest BCUT2D eigenvalue weighted by molar-refractivity contribution is 0.660. The highest BCUT2D eigenvalue weighted by Gasteiger charge is 2.41. The SMILES string of the molecule is CC1(C)c2ccccc2-c2c(-c3ccccc3N(c3ccc4c(c3)C(C)(c3ccccc3)c3ccccc3-4)c3ccccc3-c3ccc4oc5ccccc5c4c3)cccc21. The molecule has 2 aliphatic rings. The molecule has 12 rings (SSSR count). The summed E-state index contributed by atoms with van der Waals surface area (Å²) in [7, 11) is 0. The standard InChI is InChI=1S/C59H43NO/c1-58(2)49-26-12-8-24-47(49)57-46(25-17-28-51(57)58)44-22-10-15-30-54(44)60(53-29-14-9-20-41(53)38-32-35-56-48(36-38)45-23-11-16-31-55(45)61-56)40-33-34-43-42-21-7-13-27-50(42)59(3,52(43)37-40)39-18-5-4-6-19-39/h4-37H,1-3H3. The van der Waals surface area contributed by atoms with Crippen molar-refractivity contribution in [3.8, 4) is 44.5 Å². The summed E-state index contributed by atoms with van der Waals surface area (Å²) in [5.41, 5.74) is 21.2. The number of para-hydroxylation sites is 3. The third-order valence-corrected chi connectivity index (χ3v) is 13.8. The Morgan fingerprint density at radius 2 is 0.967 bits per heavy atom. The minimum atomic E-state index is -0.350. The van der Waals surface area contributed by atoms with Crippen LogP contribution in [0.15, 0.2) is 211 Å². The highest BCUT2D eigenvalue weighted by atomic mass is 16.3. The van der Waals surface area contributed by atoms with Crippen LogP contribution in [0.25, 0.3) is 66.4 Å². The van der Waals surface area contributed by atoms with E-state index in [1.807, 2.05) is 6.07 Å². The largest absolute Gasteiger partial charge is 0.456 e. The summed E-state index contributed by atoms with van der Waals surface area (Å²) in [5.74, 6) is 0. The van der Waals surface area contributed by atoms with Gasteiger partial charge in [-0.25, -0.2) is 0 Å². The van der Waals surface area contributed by atoms with Crippen molar-refractivity contribution >= 4 is 39.0 Å². The maximum atomic E-state index is 6.32. The van der Waals surface area contributed by atoms with E-state index in [-0.39, 0.29) is 10.8 Å². The van der Waals surface area contributed by atoms with Crippen molar-refractivity contribution in [3.63, 3.8) is 0 Å². The topological polar surface area (TPSA) is 16.4 Å². The Bertz CT molecular complexity index is 3370. The molecule has 1 unspecified atom stereocenters. The molecule has 0 spiro atoms. The smallest absolute Gasteiger partial charge is 0.135 e. The second kappa shape index (κ2) is 13.3. The van der Waals surface area contributed by atoms with Gasteiger partial charge in [-0.2, -0.15) is 0 Å². The molecular weight excluding hydrogens is 739 g/mol. The van der Waals surface area contributed by atoms with E-state index >= 15 is 0 Å². The third-order valence-electron chi connectivity index (χ3n) is 13.8. The van der Waals surface area contributed by atoms with Crippen LogP contribution in [-0.2, 0) is 10.8 Å². The minimum Gasteiger partial charge on any atom is -0.456 e. The second-order valence-electron chi connectivity index (χ2n) is 17.3. The Labute approximate surface area is 357 Å². The van der Waals surface area contributed by atoms with Crippen molar-refractivity contribution in [2.24, 2.45) is 0 Å². The predicted octanol–water partition coefficient (Wildman–Crippen LogP) is 16.0. The fourth-order valence-electron chi connectivity index (χ4n) is 10.8. The lowest BCUT2D eigenvalue weighted by Crippen LogP contribution is -2.23. The zero-order chi connectivity index (χ0) is 40.9. The van der Waals surface area contributed by atoms with E-state index in [9.17, 15) is 0 Å². The van der Waals surface area contributed by atoms with Crippen molar-refractivity contribution in [2.45, 2.75) is 31.6 Å². The van der Waals surface area contributed by atoms with Gasteiger partial charge in [0.15, 0.2) is 0 Å². The van der Waals surface area contributed by atoms with E-state index in [0.717, 1.165) is 50.1 Å².